The standard InChI is InChI=1S/C14H25NO4.C9H18O3/c1-13(2,3)18-11(16)10-8-7-9-15(10)12(17)19-14(4,5)6;1-5-11-7-6-8(10)12-9(2,3)4/h10H,7-9H2,1-6H3;5-7H2,1-4H3. The van der Waals surface area contributed by atoms with Gasteiger partial charge in [0.05, 0.1) is 13.0 Å². The fourth-order valence-corrected chi connectivity index (χ4v) is 2.61. The van der Waals surface area contributed by atoms with Crippen LogP contribution in [0.15, 0.2) is 0 Å². The van der Waals surface area contributed by atoms with Gasteiger partial charge in [-0.25, -0.2) is 9.59 Å². The van der Waals surface area contributed by atoms with Crippen molar-refractivity contribution >= 4 is 18.0 Å². The summed E-state index contributed by atoms with van der Waals surface area (Å²) in [4.78, 5) is 36.6. The van der Waals surface area contributed by atoms with Crippen molar-refractivity contribution in [3.05, 3.63) is 0 Å². The van der Waals surface area contributed by atoms with E-state index in [2.05, 4.69) is 0 Å². The second-order valence-corrected chi connectivity index (χ2v) is 10.4. The Hall–Kier alpha value is -1.83. The monoisotopic (exact) mass is 445 g/mol. The Kier molecular flexibility index (Phi) is 11.5. The third kappa shape index (κ3) is 14.7. The molecule has 0 spiro atoms. The van der Waals surface area contributed by atoms with Gasteiger partial charge in [0.2, 0.25) is 0 Å². The molecular weight excluding hydrogens is 402 g/mol. The summed E-state index contributed by atoms with van der Waals surface area (Å²) >= 11 is 0. The third-order valence-corrected chi connectivity index (χ3v) is 3.63. The first-order chi connectivity index (χ1) is 13.9. The molecule has 8 nitrogen and oxygen atoms in total. The Bertz CT molecular complexity index is 548. The molecule has 1 rings (SSSR count). The minimum absolute atomic E-state index is 0.198. The summed E-state index contributed by atoms with van der Waals surface area (Å²) in [6, 6.07) is -0.519. The van der Waals surface area contributed by atoms with Crippen molar-refractivity contribution < 1.29 is 33.3 Å². The molecular formula is C23H43NO7. The summed E-state index contributed by atoms with van der Waals surface area (Å²) in [5.41, 5.74) is -1.49. The molecule has 1 fully saturated rings. The van der Waals surface area contributed by atoms with Gasteiger partial charge >= 0.3 is 18.0 Å². The zero-order valence-electron chi connectivity index (χ0n) is 21.1. The average Bonchev–Trinajstić information content (AvgIpc) is 3.00. The van der Waals surface area contributed by atoms with Crippen LogP contribution in [0.4, 0.5) is 4.79 Å². The average molecular weight is 446 g/mol. The molecule has 1 heterocycles. The molecule has 1 unspecified atom stereocenters. The molecule has 1 aliphatic rings. The Morgan fingerprint density at radius 1 is 0.839 bits per heavy atom. The Labute approximate surface area is 187 Å². The van der Waals surface area contributed by atoms with Crippen molar-refractivity contribution in [2.45, 2.75) is 111 Å². The quantitative estimate of drug-likeness (QED) is 0.350. The predicted molar refractivity (Wildman–Crippen MR) is 119 cm³/mol. The summed E-state index contributed by atoms with van der Waals surface area (Å²) < 4.78 is 20.7. The number of carbonyl (C=O) groups excluding carboxylic acids is 3. The molecule has 31 heavy (non-hydrogen) atoms. The van der Waals surface area contributed by atoms with Gasteiger partial charge in [0.15, 0.2) is 0 Å². The van der Waals surface area contributed by atoms with Gasteiger partial charge in [0, 0.05) is 13.2 Å². The number of rotatable bonds is 5. The minimum Gasteiger partial charge on any atom is -0.460 e. The van der Waals surface area contributed by atoms with Crippen LogP contribution in [0.1, 0.15) is 88.5 Å². The Morgan fingerprint density at radius 2 is 1.35 bits per heavy atom. The molecule has 1 atom stereocenters. The summed E-state index contributed by atoms with van der Waals surface area (Å²) in [5, 5.41) is 0. The highest BCUT2D eigenvalue weighted by Crippen LogP contribution is 2.23. The molecule has 0 N–H and O–H groups in total. The van der Waals surface area contributed by atoms with Gasteiger partial charge in [-0.15, -0.1) is 0 Å². The van der Waals surface area contributed by atoms with Crippen molar-refractivity contribution in [2.24, 2.45) is 0 Å². The van der Waals surface area contributed by atoms with Gasteiger partial charge in [-0.1, -0.05) is 0 Å². The van der Waals surface area contributed by atoms with Crippen LogP contribution >= 0.6 is 0 Å². The zero-order chi connectivity index (χ0) is 24.5. The van der Waals surface area contributed by atoms with E-state index < -0.39 is 23.3 Å². The van der Waals surface area contributed by atoms with Gasteiger partial charge < -0.3 is 18.9 Å². The van der Waals surface area contributed by atoms with Crippen LogP contribution in [-0.4, -0.2) is 65.5 Å². The fourth-order valence-electron chi connectivity index (χ4n) is 2.61. The second-order valence-electron chi connectivity index (χ2n) is 10.4. The highest BCUT2D eigenvalue weighted by atomic mass is 16.6. The van der Waals surface area contributed by atoms with Gasteiger partial charge in [-0.05, 0) is 82.1 Å². The summed E-state index contributed by atoms with van der Waals surface area (Å²) in [6.45, 7) is 20.0. The van der Waals surface area contributed by atoms with Crippen LogP contribution in [-0.2, 0) is 28.5 Å². The number of carbonyl (C=O) groups is 3. The normalized spacial score (nSPS) is 16.8. The smallest absolute Gasteiger partial charge is 0.411 e. The molecule has 1 amide bonds. The molecule has 0 aromatic heterocycles. The number of likely N-dealkylation sites (tertiary alicyclic amines) is 1. The van der Waals surface area contributed by atoms with Crippen LogP contribution < -0.4 is 0 Å². The molecule has 0 saturated carbocycles. The van der Waals surface area contributed by atoms with Gasteiger partial charge in [0.25, 0.3) is 0 Å². The topological polar surface area (TPSA) is 91.4 Å². The maximum absolute atomic E-state index is 12.1. The van der Waals surface area contributed by atoms with E-state index in [0.29, 0.717) is 32.6 Å². The third-order valence-electron chi connectivity index (χ3n) is 3.63. The van der Waals surface area contributed by atoms with E-state index in [1.165, 1.54) is 4.90 Å². The molecule has 0 aliphatic carbocycles. The summed E-state index contributed by atoms with van der Waals surface area (Å²) in [7, 11) is 0. The van der Waals surface area contributed by atoms with E-state index in [1.54, 1.807) is 0 Å². The maximum atomic E-state index is 12.1. The van der Waals surface area contributed by atoms with Gasteiger partial charge in [-0.3, -0.25) is 9.69 Å². The summed E-state index contributed by atoms with van der Waals surface area (Å²) in [6.07, 6.45) is 1.32. The maximum Gasteiger partial charge on any atom is 0.411 e. The number of hydrogen-bond acceptors (Lipinski definition) is 7. The number of nitrogens with zero attached hydrogens (tertiary/aromatic N) is 1. The van der Waals surface area contributed by atoms with Crippen LogP contribution in [0.3, 0.4) is 0 Å². The molecule has 182 valence electrons. The molecule has 0 aromatic rings. The molecule has 0 radical (unpaired) electrons. The molecule has 8 heteroatoms. The van der Waals surface area contributed by atoms with E-state index in [-0.39, 0.29) is 17.5 Å². The molecule has 1 aliphatic heterocycles. The highest BCUT2D eigenvalue weighted by molar-refractivity contribution is 5.82. The SMILES string of the molecule is CC(C)(C)OC(=O)C1CCCN1C(=O)OC(C)(C)C.CCOCCC(=O)OC(C)(C)C. The lowest BCUT2D eigenvalue weighted by Crippen LogP contribution is -2.45. The number of amides is 1. The summed E-state index contributed by atoms with van der Waals surface area (Å²) in [5.74, 6) is -0.549. The van der Waals surface area contributed by atoms with E-state index in [0.717, 1.165) is 6.42 Å². The first-order valence-electron chi connectivity index (χ1n) is 11.0. The van der Waals surface area contributed by atoms with Crippen molar-refractivity contribution in [1.82, 2.24) is 4.90 Å². The fraction of sp³-hybridized carbons (Fsp3) is 0.870. The van der Waals surface area contributed by atoms with Gasteiger partial charge in [0.1, 0.15) is 22.8 Å². The lowest BCUT2D eigenvalue weighted by molar-refractivity contribution is -0.160. The van der Waals surface area contributed by atoms with Crippen LogP contribution in [0.5, 0.6) is 0 Å². The van der Waals surface area contributed by atoms with Gasteiger partial charge in [-0.2, -0.15) is 0 Å². The van der Waals surface area contributed by atoms with Crippen LogP contribution in [0.25, 0.3) is 0 Å². The first-order valence-corrected chi connectivity index (χ1v) is 11.0. The number of ether oxygens (including phenoxy) is 4. The lowest BCUT2D eigenvalue weighted by atomic mass is 10.1. The largest absolute Gasteiger partial charge is 0.460 e. The lowest BCUT2D eigenvalue weighted by Gasteiger charge is -2.29. The zero-order valence-corrected chi connectivity index (χ0v) is 21.1. The van der Waals surface area contributed by atoms with Crippen molar-refractivity contribution in [3.8, 4) is 0 Å². The second kappa shape index (κ2) is 12.3. The van der Waals surface area contributed by atoms with Crippen LogP contribution in [0.2, 0.25) is 0 Å². The Morgan fingerprint density at radius 3 is 1.81 bits per heavy atom. The predicted octanol–water partition coefficient (Wildman–Crippen LogP) is 4.48. The highest BCUT2D eigenvalue weighted by Gasteiger charge is 2.38. The molecule has 1 saturated heterocycles. The van der Waals surface area contributed by atoms with E-state index in [1.807, 2.05) is 69.2 Å². The first kappa shape index (κ1) is 29.2. The molecule has 0 aromatic carbocycles. The van der Waals surface area contributed by atoms with E-state index in [4.69, 9.17) is 18.9 Å². The Balaban J connectivity index is 0.000000649. The number of esters is 2. The van der Waals surface area contributed by atoms with E-state index >= 15 is 0 Å². The van der Waals surface area contributed by atoms with Crippen molar-refractivity contribution in [1.29, 1.82) is 0 Å². The van der Waals surface area contributed by atoms with Crippen LogP contribution in [0, 0.1) is 0 Å². The van der Waals surface area contributed by atoms with E-state index in [9.17, 15) is 14.4 Å². The number of hydrogen-bond donors (Lipinski definition) is 0. The van der Waals surface area contributed by atoms with Crippen molar-refractivity contribution in [3.63, 3.8) is 0 Å². The molecule has 0 bridgehead atoms. The van der Waals surface area contributed by atoms with Crippen molar-refractivity contribution in [2.75, 3.05) is 19.8 Å². The minimum atomic E-state index is -0.557.